The molecule has 0 fully saturated rings. The largest absolute Gasteiger partial charge is 0.478 e. The first-order valence-corrected chi connectivity index (χ1v) is 7.64. The summed E-state index contributed by atoms with van der Waals surface area (Å²) >= 11 is 7.61. The number of nitro benzene ring substituents is 1. The van der Waals surface area contributed by atoms with Crippen molar-refractivity contribution < 1.29 is 14.8 Å². The minimum atomic E-state index is -1.25. The Balaban J connectivity index is 3.23. The van der Waals surface area contributed by atoms with Gasteiger partial charge in [0.05, 0.1) is 21.2 Å². The van der Waals surface area contributed by atoms with Crippen molar-refractivity contribution in [2.24, 2.45) is 0 Å². The molecule has 1 atom stereocenters. The lowest BCUT2D eigenvalue weighted by molar-refractivity contribution is -0.384. The third-order valence-corrected chi connectivity index (χ3v) is 3.76. The van der Waals surface area contributed by atoms with Crippen LogP contribution in [0, 0.1) is 10.1 Å². The van der Waals surface area contributed by atoms with Crippen LogP contribution in [-0.2, 0) is 0 Å². The number of hydrogen-bond donors (Lipinski definition) is 2. The van der Waals surface area contributed by atoms with Gasteiger partial charge in [0.2, 0.25) is 0 Å². The summed E-state index contributed by atoms with van der Waals surface area (Å²) in [7, 11) is 0. The second-order valence-electron chi connectivity index (χ2n) is 4.12. The summed E-state index contributed by atoms with van der Waals surface area (Å²) in [6.07, 6.45) is 2.73. The average Bonchev–Trinajstić information content (AvgIpc) is 2.39. The Labute approximate surface area is 125 Å². The standard InChI is InChI=1S/C12H15ClN2O4S/c1-3-7(6-20-2)14-11-9(12(16)17)4-8(15(18)19)5-10(11)13/h4-5,7,14H,3,6H2,1-2H3,(H,16,17). The molecular formula is C12H15ClN2O4S. The summed E-state index contributed by atoms with van der Waals surface area (Å²) in [5, 5.41) is 23.0. The average molecular weight is 319 g/mol. The normalized spacial score (nSPS) is 11.9. The van der Waals surface area contributed by atoms with E-state index in [0.717, 1.165) is 24.3 Å². The van der Waals surface area contributed by atoms with E-state index in [-0.39, 0.29) is 28.0 Å². The minimum absolute atomic E-state index is 0.0381. The molecule has 6 nitrogen and oxygen atoms in total. The Bertz CT molecular complexity index is 524. The van der Waals surface area contributed by atoms with Crippen molar-refractivity contribution in [2.75, 3.05) is 17.3 Å². The fourth-order valence-electron chi connectivity index (χ4n) is 1.68. The van der Waals surface area contributed by atoms with Gasteiger partial charge in [0.15, 0.2) is 0 Å². The Kier molecular flexibility index (Phi) is 6.09. The van der Waals surface area contributed by atoms with E-state index >= 15 is 0 Å². The lowest BCUT2D eigenvalue weighted by atomic mass is 10.1. The second-order valence-corrected chi connectivity index (χ2v) is 5.44. The number of halogens is 1. The molecule has 0 aromatic heterocycles. The first-order valence-electron chi connectivity index (χ1n) is 5.87. The number of nitro groups is 1. The summed E-state index contributed by atoms with van der Waals surface area (Å²) in [6.45, 7) is 1.97. The number of carboxylic acids is 1. The Hall–Kier alpha value is -1.47. The molecular weight excluding hydrogens is 304 g/mol. The van der Waals surface area contributed by atoms with E-state index in [1.807, 2.05) is 13.2 Å². The molecule has 8 heteroatoms. The van der Waals surface area contributed by atoms with Crippen LogP contribution in [0.5, 0.6) is 0 Å². The van der Waals surface area contributed by atoms with Crippen LogP contribution in [0.2, 0.25) is 5.02 Å². The van der Waals surface area contributed by atoms with Crippen molar-refractivity contribution in [3.8, 4) is 0 Å². The van der Waals surface area contributed by atoms with Crippen LogP contribution >= 0.6 is 23.4 Å². The lowest BCUT2D eigenvalue weighted by Crippen LogP contribution is -2.23. The number of aromatic carboxylic acids is 1. The molecule has 1 aromatic rings. The molecule has 0 spiro atoms. The van der Waals surface area contributed by atoms with Gasteiger partial charge < -0.3 is 10.4 Å². The van der Waals surface area contributed by atoms with Gasteiger partial charge in [-0.05, 0) is 12.7 Å². The number of rotatable bonds is 7. The second kappa shape index (κ2) is 7.35. The van der Waals surface area contributed by atoms with Crippen LogP contribution < -0.4 is 5.32 Å². The summed E-state index contributed by atoms with van der Waals surface area (Å²) in [6, 6.07) is 2.21. The van der Waals surface area contributed by atoms with Crippen molar-refractivity contribution in [1.29, 1.82) is 0 Å². The van der Waals surface area contributed by atoms with Crippen LogP contribution in [0.15, 0.2) is 12.1 Å². The molecule has 0 radical (unpaired) electrons. The Morgan fingerprint density at radius 3 is 2.70 bits per heavy atom. The van der Waals surface area contributed by atoms with E-state index in [0.29, 0.717) is 0 Å². The number of anilines is 1. The molecule has 0 aliphatic carbocycles. The monoisotopic (exact) mass is 318 g/mol. The van der Waals surface area contributed by atoms with E-state index in [1.54, 1.807) is 11.8 Å². The molecule has 0 saturated heterocycles. The van der Waals surface area contributed by atoms with Crippen LogP contribution in [0.25, 0.3) is 0 Å². The molecule has 0 aliphatic heterocycles. The molecule has 1 unspecified atom stereocenters. The van der Waals surface area contributed by atoms with Crippen molar-refractivity contribution >= 4 is 40.7 Å². The molecule has 0 saturated carbocycles. The molecule has 1 aromatic carbocycles. The zero-order chi connectivity index (χ0) is 15.3. The molecule has 0 amide bonds. The molecule has 1 rings (SSSR count). The minimum Gasteiger partial charge on any atom is -0.478 e. The van der Waals surface area contributed by atoms with Gasteiger partial charge in [0.1, 0.15) is 0 Å². The highest BCUT2D eigenvalue weighted by Crippen LogP contribution is 2.32. The maximum Gasteiger partial charge on any atom is 0.338 e. The molecule has 2 N–H and O–H groups in total. The number of benzene rings is 1. The number of nitrogens with one attached hydrogen (secondary N) is 1. The predicted molar refractivity (Wildman–Crippen MR) is 81.1 cm³/mol. The van der Waals surface area contributed by atoms with E-state index in [9.17, 15) is 20.0 Å². The van der Waals surface area contributed by atoms with Crippen molar-refractivity contribution in [2.45, 2.75) is 19.4 Å². The van der Waals surface area contributed by atoms with E-state index < -0.39 is 10.9 Å². The van der Waals surface area contributed by atoms with Crippen LogP contribution in [0.4, 0.5) is 11.4 Å². The number of carboxylic acid groups (broad SMARTS) is 1. The van der Waals surface area contributed by atoms with Crippen molar-refractivity contribution in [1.82, 2.24) is 0 Å². The number of non-ortho nitro benzene ring substituents is 1. The molecule has 20 heavy (non-hydrogen) atoms. The topological polar surface area (TPSA) is 92.5 Å². The van der Waals surface area contributed by atoms with Crippen LogP contribution in [0.3, 0.4) is 0 Å². The number of hydrogen-bond acceptors (Lipinski definition) is 5. The molecule has 0 heterocycles. The molecule has 0 aliphatic rings. The van der Waals surface area contributed by atoms with Crippen LogP contribution in [-0.4, -0.2) is 34.0 Å². The van der Waals surface area contributed by atoms with Gasteiger partial charge in [-0.3, -0.25) is 10.1 Å². The number of carbonyl (C=O) groups is 1. The van der Waals surface area contributed by atoms with Gasteiger partial charge >= 0.3 is 5.97 Å². The van der Waals surface area contributed by atoms with Crippen LogP contribution in [0.1, 0.15) is 23.7 Å². The zero-order valence-electron chi connectivity index (χ0n) is 11.1. The summed E-state index contributed by atoms with van der Waals surface area (Å²) in [4.78, 5) is 21.3. The summed E-state index contributed by atoms with van der Waals surface area (Å²) in [5.41, 5.74) is -0.301. The van der Waals surface area contributed by atoms with Gasteiger partial charge in [-0.25, -0.2) is 4.79 Å². The highest BCUT2D eigenvalue weighted by Gasteiger charge is 2.21. The first kappa shape index (κ1) is 16.6. The van der Waals surface area contributed by atoms with E-state index in [1.165, 1.54) is 0 Å². The number of nitrogens with zero attached hydrogens (tertiary/aromatic N) is 1. The van der Waals surface area contributed by atoms with Gasteiger partial charge in [-0.2, -0.15) is 11.8 Å². The fraction of sp³-hybridized carbons (Fsp3) is 0.417. The predicted octanol–water partition coefficient (Wildman–Crippen LogP) is 3.50. The maximum absolute atomic E-state index is 11.3. The van der Waals surface area contributed by atoms with Crippen molar-refractivity contribution in [3.63, 3.8) is 0 Å². The van der Waals surface area contributed by atoms with E-state index in [2.05, 4.69) is 5.32 Å². The summed E-state index contributed by atoms with van der Waals surface area (Å²) < 4.78 is 0. The first-order chi connectivity index (χ1) is 9.40. The maximum atomic E-state index is 11.3. The highest BCUT2D eigenvalue weighted by molar-refractivity contribution is 7.98. The van der Waals surface area contributed by atoms with Gasteiger partial charge in [0, 0.05) is 23.9 Å². The zero-order valence-corrected chi connectivity index (χ0v) is 12.6. The highest BCUT2D eigenvalue weighted by atomic mass is 35.5. The van der Waals surface area contributed by atoms with Crippen molar-refractivity contribution in [3.05, 3.63) is 32.8 Å². The van der Waals surface area contributed by atoms with E-state index in [4.69, 9.17) is 11.6 Å². The number of thioether (sulfide) groups is 1. The Morgan fingerprint density at radius 1 is 1.60 bits per heavy atom. The summed E-state index contributed by atoms with van der Waals surface area (Å²) in [5.74, 6) is -0.472. The fourth-order valence-corrected chi connectivity index (χ4v) is 2.67. The molecule has 110 valence electrons. The Morgan fingerprint density at radius 2 is 2.25 bits per heavy atom. The smallest absolute Gasteiger partial charge is 0.338 e. The lowest BCUT2D eigenvalue weighted by Gasteiger charge is -2.19. The third kappa shape index (κ3) is 4.01. The van der Waals surface area contributed by atoms with Gasteiger partial charge in [0.25, 0.3) is 5.69 Å². The van der Waals surface area contributed by atoms with Gasteiger partial charge in [-0.15, -0.1) is 0 Å². The molecule has 0 bridgehead atoms. The third-order valence-electron chi connectivity index (χ3n) is 2.73. The quantitative estimate of drug-likeness (QED) is 0.590. The van der Waals surface area contributed by atoms with Gasteiger partial charge in [-0.1, -0.05) is 18.5 Å². The SMILES string of the molecule is CCC(CSC)Nc1c(Cl)cc([N+](=O)[O-])cc1C(=O)O.